The number of anilines is 1. The summed E-state index contributed by atoms with van der Waals surface area (Å²) in [5.74, 6) is -0.158. The molecule has 3 heteroatoms. The molecule has 1 heterocycles. The Morgan fingerprint density at radius 2 is 1.84 bits per heavy atom. The van der Waals surface area contributed by atoms with Crippen LogP contribution in [-0.4, -0.2) is 6.54 Å². The van der Waals surface area contributed by atoms with Gasteiger partial charge in [-0.3, -0.25) is 0 Å². The third kappa shape index (κ3) is 2.22. The number of fused-ring (bicyclic) bond motifs is 1. The molecule has 98 valence electrons. The van der Waals surface area contributed by atoms with Crippen molar-refractivity contribution in [1.82, 2.24) is 0 Å². The maximum Gasteiger partial charge on any atom is 0.132 e. The zero-order chi connectivity index (χ0) is 13.2. The first-order chi connectivity index (χ1) is 9.29. The first kappa shape index (κ1) is 12.2. The highest BCUT2D eigenvalue weighted by molar-refractivity contribution is 5.58. The van der Waals surface area contributed by atoms with Crippen LogP contribution in [0.2, 0.25) is 0 Å². The third-order valence-corrected chi connectivity index (χ3v) is 3.72. The topological polar surface area (TPSA) is 29.3 Å². The van der Waals surface area contributed by atoms with E-state index in [1.165, 1.54) is 11.3 Å². The standard InChI is InChI=1S/C16H17FN2/c17-16-13(10-18)5-3-6-14(16)11-19-9-8-12-4-1-2-7-15(12)19/h1-7H,8-11,18H2. The lowest BCUT2D eigenvalue weighted by Gasteiger charge is -2.20. The molecule has 0 fully saturated rings. The lowest BCUT2D eigenvalue weighted by Crippen LogP contribution is -2.20. The maximum absolute atomic E-state index is 14.2. The average Bonchev–Trinajstić information content (AvgIpc) is 2.85. The van der Waals surface area contributed by atoms with Crippen LogP contribution < -0.4 is 10.6 Å². The molecule has 0 atom stereocenters. The summed E-state index contributed by atoms with van der Waals surface area (Å²) >= 11 is 0. The molecule has 2 aromatic rings. The molecule has 0 bridgehead atoms. The number of halogens is 1. The van der Waals surface area contributed by atoms with Crippen molar-refractivity contribution in [2.75, 3.05) is 11.4 Å². The largest absolute Gasteiger partial charge is 0.367 e. The summed E-state index contributed by atoms with van der Waals surface area (Å²) in [6.45, 7) is 1.80. The minimum absolute atomic E-state index is 0.158. The van der Waals surface area contributed by atoms with E-state index in [0.717, 1.165) is 18.5 Å². The monoisotopic (exact) mass is 256 g/mol. The Bertz CT molecular complexity index is 595. The fourth-order valence-electron chi connectivity index (χ4n) is 2.69. The van der Waals surface area contributed by atoms with E-state index in [4.69, 9.17) is 5.73 Å². The van der Waals surface area contributed by atoms with E-state index in [1.807, 2.05) is 18.2 Å². The van der Waals surface area contributed by atoms with Crippen LogP contribution in [0.3, 0.4) is 0 Å². The van der Waals surface area contributed by atoms with Crippen LogP contribution in [0.25, 0.3) is 0 Å². The van der Waals surface area contributed by atoms with Gasteiger partial charge in [0.1, 0.15) is 5.82 Å². The highest BCUT2D eigenvalue weighted by atomic mass is 19.1. The number of hydrogen-bond donors (Lipinski definition) is 1. The molecule has 19 heavy (non-hydrogen) atoms. The molecule has 0 aromatic heterocycles. The Labute approximate surface area is 112 Å². The van der Waals surface area contributed by atoms with E-state index in [2.05, 4.69) is 23.1 Å². The first-order valence-corrected chi connectivity index (χ1v) is 6.59. The van der Waals surface area contributed by atoms with Crippen molar-refractivity contribution in [3.05, 3.63) is 65.0 Å². The van der Waals surface area contributed by atoms with Gasteiger partial charge in [0.15, 0.2) is 0 Å². The number of nitrogens with zero attached hydrogens (tertiary/aromatic N) is 1. The highest BCUT2D eigenvalue weighted by Crippen LogP contribution is 2.29. The zero-order valence-corrected chi connectivity index (χ0v) is 10.8. The van der Waals surface area contributed by atoms with Crippen molar-refractivity contribution in [2.24, 2.45) is 5.73 Å². The molecule has 0 saturated heterocycles. The molecular formula is C16H17FN2. The number of hydrogen-bond acceptors (Lipinski definition) is 2. The van der Waals surface area contributed by atoms with Crippen LogP contribution in [0.1, 0.15) is 16.7 Å². The van der Waals surface area contributed by atoms with E-state index in [-0.39, 0.29) is 12.4 Å². The van der Waals surface area contributed by atoms with Gasteiger partial charge in [0.2, 0.25) is 0 Å². The first-order valence-electron chi connectivity index (χ1n) is 6.59. The van der Waals surface area contributed by atoms with Gasteiger partial charge in [-0.05, 0) is 18.1 Å². The number of rotatable bonds is 3. The second kappa shape index (κ2) is 5.02. The Kier molecular flexibility index (Phi) is 3.22. The summed E-state index contributed by atoms with van der Waals surface area (Å²) in [7, 11) is 0. The van der Waals surface area contributed by atoms with E-state index >= 15 is 0 Å². The molecule has 1 aliphatic rings. The molecule has 2 N–H and O–H groups in total. The van der Waals surface area contributed by atoms with Crippen molar-refractivity contribution >= 4 is 5.69 Å². The SMILES string of the molecule is NCc1cccc(CN2CCc3ccccc32)c1F. The quantitative estimate of drug-likeness (QED) is 0.915. The van der Waals surface area contributed by atoms with Crippen LogP contribution in [-0.2, 0) is 19.5 Å². The van der Waals surface area contributed by atoms with Gasteiger partial charge in [0.25, 0.3) is 0 Å². The van der Waals surface area contributed by atoms with Crippen molar-refractivity contribution in [3.63, 3.8) is 0 Å². The summed E-state index contributed by atoms with van der Waals surface area (Å²) in [5, 5.41) is 0. The van der Waals surface area contributed by atoms with Crippen LogP contribution in [0, 0.1) is 5.82 Å². The predicted octanol–water partition coefficient (Wildman–Crippen LogP) is 2.85. The van der Waals surface area contributed by atoms with Gasteiger partial charge in [-0.15, -0.1) is 0 Å². The summed E-state index contributed by atoms with van der Waals surface area (Å²) in [5.41, 5.74) is 9.43. The van der Waals surface area contributed by atoms with Crippen LogP contribution >= 0.6 is 0 Å². The Morgan fingerprint density at radius 1 is 1.05 bits per heavy atom. The van der Waals surface area contributed by atoms with Gasteiger partial charge in [0.05, 0.1) is 0 Å². The Morgan fingerprint density at radius 3 is 2.68 bits per heavy atom. The predicted molar refractivity (Wildman–Crippen MR) is 75.5 cm³/mol. The Balaban J connectivity index is 1.87. The molecule has 0 radical (unpaired) electrons. The second-order valence-corrected chi connectivity index (χ2v) is 4.89. The van der Waals surface area contributed by atoms with E-state index in [9.17, 15) is 4.39 Å². The van der Waals surface area contributed by atoms with Gasteiger partial charge in [0, 0.05) is 36.4 Å². The molecule has 2 nitrogen and oxygen atoms in total. The van der Waals surface area contributed by atoms with E-state index < -0.39 is 0 Å². The molecule has 3 rings (SSSR count). The molecule has 0 spiro atoms. The summed E-state index contributed by atoms with van der Waals surface area (Å²) < 4.78 is 14.2. The molecule has 0 amide bonds. The minimum Gasteiger partial charge on any atom is -0.367 e. The maximum atomic E-state index is 14.2. The number of para-hydroxylation sites is 1. The van der Waals surface area contributed by atoms with Gasteiger partial charge >= 0.3 is 0 Å². The van der Waals surface area contributed by atoms with E-state index in [1.54, 1.807) is 6.07 Å². The van der Waals surface area contributed by atoms with Gasteiger partial charge < -0.3 is 10.6 Å². The summed E-state index contributed by atoms with van der Waals surface area (Å²) in [6, 6.07) is 13.8. The van der Waals surface area contributed by atoms with Gasteiger partial charge in [-0.2, -0.15) is 0 Å². The molecular weight excluding hydrogens is 239 g/mol. The van der Waals surface area contributed by atoms with Crippen molar-refractivity contribution < 1.29 is 4.39 Å². The normalized spacial score (nSPS) is 13.7. The van der Waals surface area contributed by atoms with Crippen molar-refractivity contribution in [1.29, 1.82) is 0 Å². The van der Waals surface area contributed by atoms with Gasteiger partial charge in [-0.1, -0.05) is 36.4 Å². The van der Waals surface area contributed by atoms with Gasteiger partial charge in [-0.25, -0.2) is 4.39 Å². The highest BCUT2D eigenvalue weighted by Gasteiger charge is 2.19. The van der Waals surface area contributed by atoms with Crippen molar-refractivity contribution in [3.8, 4) is 0 Å². The van der Waals surface area contributed by atoms with Crippen LogP contribution in [0.15, 0.2) is 42.5 Å². The fourth-order valence-corrected chi connectivity index (χ4v) is 2.69. The molecule has 0 saturated carbocycles. The average molecular weight is 256 g/mol. The summed E-state index contributed by atoms with van der Waals surface area (Å²) in [6.07, 6.45) is 1.04. The fraction of sp³-hybridized carbons (Fsp3) is 0.250. The smallest absolute Gasteiger partial charge is 0.132 e. The molecule has 1 aliphatic heterocycles. The Hall–Kier alpha value is -1.87. The van der Waals surface area contributed by atoms with Crippen LogP contribution in [0.4, 0.5) is 10.1 Å². The minimum atomic E-state index is -0.158. The number of nitrogens with two attached hydrogens (primary N) is 1. The summed E-state index contributed by atoms with van der Waals surface area (Å²) in [4.78, 5) is 2.23. The zero-order valence-electron chi connectivity index (χ0n) is 10.8. The molecule has 0 aliphatic carbocycles. The van der Waals surface area contributed by atoms with Crippen LogP contribution in [0.5, 0.6) is 0 Å². The second-order valence-electron chi connectivity index (χ2n) is 4.89. The number of benzene rings is 2. The third-order valence-electron chi connectivity index (χ3n) is 3.72. The lowest BCUT2D eigenvalue weighted by molar-refractivity contribution is 0.590. The lowest BCUT2D eigenvalue weighted by atomic mass is 10.1. The molecule has 2 aromatic carbocycles. The van der Waals surface area contributed by atoms with E-state index in [0.29, 0.717) is 12.1 Å². The van der Waals surface area contributed by atoms with Crippen molar-refractivity contribution in [2.45, 2.75) is 19.5 Å². The molecule has 0 unspecified atom stereocenters.